The lowest BCUT2D eigenvalue weighted by atomic mass is 9.93. The zero-order chi connectivity index (χ0) is 15.7. The summed E-state index contributed by atoms with van der Waals surface area (Å²) in [5, 5.41) is 7.47. The normalized spacial score (nSPS) is 25.0. The van der Waals surface area contributed by atoms with Gasteiger partial charge in [-0.15, -0.1) is 0 Å². The number of hydrogen-bond donors (Lipinski definition) is 2. The molecule has 1 aromatic carbocycles. The second-order valence-electron chi connectivity index (χ2n) is 5.93. The number of carbonyl (C=O) groups excluding carboxylic acids is 1. The first-order valence-electron chi connectivity index (χ1n) is 7.43. The van der Waals surface area contributed by atoms with Crippen molar-refractivity contribution < 1.29 is 4.79 Å². The van der Waals surface area contributed by atoms with Crippen LogP contribution in [0.5, 0.6) is 0 Å². The van der Waals surface area contributed by atoms with Gasteiger partial charge >= 0.3 is 0 Å². The number of likely N-dealkylation sites (tertiary alicyclic amines) is 1. The summed E-state index contributed by atoms with van der Waals surface area (Å²) in [7, 11) is 0. The van der Waals surface area contributed by atoms with Crippen molar-refractivity contribution in [2.24, 2.45) is 5.92 Å². The topological polar surface area (TPSA) is 44.4 Å². The van der Waals surface area contributed by atoms with Gasteiger partial charge in [0.05, 0.1) is 27.3 Å². The van der Waals surface area contributed by atoms with Gasteiger partial charge in [-0.3, -0.25) is 9.69 Å². The van der Waals surface area contributed by atoms with Crippen LogP contribution in [0, 0.1) is 5.92 Å². The van der Waals surface area contributed by atoms with E-state index in [1.807, 2.05) is 0 Å². The molecule has 2 N–H and O–H groups in total. The molecule has 0 saturated carbocycles. The van der Waals surface area contributed by atoms with E-state index in [0.29, 0.717) is 39.3 Å². The van der Waals surface area contributed by atoms with Crippen molar-refractivity contribution in [2.45, 2.75) is 18.9 Å². The fraction of sp³-hybridized carbons (Fsp3) is 0.533. The molecule has 2 aliphatic heterocycles. The maximum Gasteiger partial charge on any atom is 0.238 e. The molecule has 2 aliphatic rings. The summed E-state index contributed by atoms with van der Waals surface area (Å²) in [5.41, 5.74) is 0.499. The highest BCUT2D eigenvalue weighted by molar-refractivity contribution is 6.44. The van der Waals surface area contributed by atoms with Gasteiger partial charge in [-0.2, -0.15) is 0 Å². The first kappa shape index (κ1) is 16.3. The second kappa shape index (κ2) is 6.93. The molecular weight excluding hydrogens is 345 g/mol. The zero-order valence-corrected chi connectivity index (χ0v) is 14.3. The van der Waals surface area contributed by atoms with E-state index in [1.165, 1.54) is 12.5 Å². The number of nitrogens with zero attached hydrogens (tertiary/aromatic N) is 1. The molecule has 2 atom stereocenters. The van der Waals surface area contributed by atoms with Crippen LogP contribution in [0.1, 0.15) is 12.8 Å². The Morgan fingerprint density at radius 1 is 1.23 bits per heavy atom. The van der Waals surface area contributed by atoms with Crippen LogP contribution in [0.2, 0.25) is 15.1 Å². The Labute approximate surface area is 145 Å². The standard InChI is InChI=1S/C15H18Cl3N3O/c16-10-5-12(18)14(6-11(10)17)20-15(22)8-21-4-2-13-9(7-21)1-3-19-13/h5-6,9,13,19H,1-4,7-8H2,(H,20,22). The number of halogens is 3. The molecule has 0 aromatic heterocycles. The van der Waals surface area contributed by atoms with E-state index in [0.717, 1.165) is 26.1 Å². The van der Waals surface area contributed by atoms with Crippen LogP contribution in [0.25, 0.3) is 0 Å². The second-order valence-corrected chi connectivity index (χ2v) is 7.15. The molecule has 120 valence electrons. The average molecular weight is 363 g/mol. The van der Waals surface area contributed by atoms with E-state index in [1.54, 1.807) is 6.07 Å². The largest absolute Gasteiger partial charge is 0.324 e. The Morgan fingerprint density at radius 2 is 2.00 bits per heavy atom. The highest BCUT2D eigenvalue weighted by atomic mass is 35.5. The molecule has 0 bridgehead atoms. The van der Waals surface area contributed by atoms with Crippen LogP contribution in [0.4, 0.5) is 5.69 Å². The van der Waals surface area contributed by atoms with Crippen molar-refractivity contribution in [2.75, 3.05) is 31.5 Å². The molecule has 22 heavy (non-hydrogen) atoms. The molecule has 0 aliphatic carbocycles. The summed E-state index contributed by atoms with van der Waals surface area (Å²) in [6, 6.07) is 3.75. The first-order chi connectivity index (χ1) is 10.5. The number of nitrogens with one attached hydrogen (secondary N) is 2. The number of fused-ring (bicyclic) bond motifs is 1. The Kier molecular flexibility index (Phi) is 5.15. The number of benzene rings is 1. The molecule has 2 fully saturated rings. The van der Waals surface area contributed by atoms with Crippen molar-refractivity contribution in [3.63, 3.8) is 0 Å². The summed E-state index contributed by atoms with van der Waals surface area (Å²) in [6.45, 7) is 3.38. The molecular formula is C15H18Cl3N3O. The molecule has 7 heteroatoms. The van der Waals surface area contributed by atoms with E-state index < -0.39 is 0 Å². The Hall–Kier alpha value is -0.520. The number of piperidine rings is 1. The van der Waals surface area contributed by atoms with Gasteiger partial charge in [-0.05, 0) is 37.4 Å². The van der Waals surface area contributed by atoms with Crippen LogP contribution in [-0.2, 0) is 4.79 Å². The van der Waals surface area contributed by atoms with Crippen molar-refractivity contribution in [3.05, 3.63) is 27.2 Å². The van der Waals surface area contributed by atoms with Crippen LogP contribution in [-0.4, -0.2) is 43.0 Å². The van der Waals surface area contributed by atoms with E-state index in [2.05, 4.69) is 15.5 Å². The number of hydrogen-bond acceptors (Lipinski definition) is 3. The van der Waals surface area contributed by atoms with Crippen molar-refractivity contribution >= 4 is 46.4 Å². The van der Waals surface area contributed by atoms with Crippen LogP contribution >= 0.6 is 34.8 Å². The third kappa shape index (κ3) is 3.69. The van der Waals surface area contributed by atoms with Gasteiger partial charge in [0.1, 0.15) is 0 Å². The first-order valence-corrected chi connectivity index (χ1v) is 8.56. The van der Waals surface area contributed by atoms with Crippen molar-refractivity contribution in [1.82, 2.24) is 10.2 Å². The van der Waals surface area contributed by atoms with E-state index >= 15 is 0 Å². The van der Waals surface area contributed by atoms with E-state index in [-0.39, 0.29) is 5.91 Å². The Balaban J connectivity index is 1.57. The molecule has 2 heterocycles. The molecule has 0 radical (unpaired) electrons. The minimum absolute atomic E-state index is 0.0790. The van der Waals surface area contributed by atoms with Crippen molar-refractivity contribution in [3.8, 4) is 0 Å². The number of amides is 1. The molecule has 4 nitrogen and oxygen atoms in total. The third-order valence-corrected chi connectivity index (χ3v) is 5.43. The average Bonchev–Trinajstić information content (AvgIpc) is 2.92. The fourth-order valence-corrected chi connectivity index (χ4v) is 3.87. The highest BCUT2D eigenvalue weighted by Crippen LogP contribution is 2.32. The molecule has 2 unspecified atom stereocenters. The van der Waals surface area contributed by atoms with Gasteiger partial charge < -0.3 is 10.6 Å². The van der Waals surface area contributed by atoms with Gasteiger partial charge in [-0.25, -0.2) is 0 Å². The van der Waals surface area contributed by atoms with E-state index in [9.17, 15) is 4.79 Å². The quantitative estimate of drug-likeness (QED) is 0.811. The Bertz CT molecular complexity index is 581. The maximum atomic E-state index is 12.2. The fourth-order valence-electron chi connectivity index (χ4n) is 3.28. The molecule has 1 amide bonds. The third-order valence-electron chi connectivity index (χ3n) is 4.39. The lowest BCUT2D eigenvalue weighted by molar-refractivity contribution is -0.117. The van der Waals surface area contributed by atoms with Gasteiger partial charge in [-0.1, -0.05) is 34.8 Å². The lowest BCUT2D eigenvalue weighted by Gasteiger charge is -2.34. The van der Waals surface area contributed by atoms with Gasteiger partial charge in [0.25, 0.3) is 0 Å². The number of anilines is 1. The smallest absolute Gasteiger partial charge is 0.238 e. The summed E-state index contributed by atoms with van der Waals surface area (Å²) in [5.74, 6) is 0.583. The lowest BCUT2D eigenvalue weighted by Crippen LogP contribution is -2.46. The zero-order valence-electron chi connectivity index (χ0n) is 12.0. The maximum absolute atomic E-state index is 12.2. The summed E-state index contributed by atoms with van der Waals surface area (Å²) in [6.07, 6.45) is 2.30. The van der Waals surface area contributed by atoms with Gasteiger partial charge in [0, 0.05) is 19.1 Å². The molecule has 0 spiro atoms. The molecule has 3 rings (SSSR count). The SMILES string of the molecule is O=C(CN1CCC2NCCC2C1)Nc1cc(Cl)c(Cl)cc1Cl. The van der Waals surface area contributed by atoms with E-state index in [4.69, 9.17) is 34.8 Å². The summed E-state index contributed by atoms with van der Waals surface area (Å²) >= 11 is 17.9. The van der Waals surface area contributed by atoms with Crippen LogP contribution < -0.4 is 10.6 Å². The Morgan fingerprint density at radius 3 is 2.82 bits per heavy atom. The predicted molar refractivity (Wildman–Crippen MR) is 91.1 cm³/mol. The molecule has 1 aromatic rings. The highest BCUT2D eigenvalue weighted by Gasteiger charge is 2.33. The van der Waals surface area contributed by atoms with Gasteiger partial charge in [0.2, 0.25) is 5.91 Å². The summed E-state index contributed by atoms with van der Waals surface area (Å²) in [4.78, 5) is 14.4. The van der Waals surface area contributed by atoms with Crippen molar-refractivity contribution in [1.29, 1.82) is 0 Å². The predicted octanol–water partition coefficient (Wildman–Crippen LogP) is 3.27. The summed E-state index contributed by atoms with van der Waals surface area (Å²) < 4.78 is 0. The minimum atomic E-state index is -0.0790. The number of carbonyl (C=O) groups is 1. The number of rotatable bonds is 3. The van der Waals surface area contributed by atoms with Gasteiger partial charge in [0.15, 0.2) is 0 Å². The van der Waals surface area contributed by atoms with Crippen LogP contribution in [0.15, 0.2) is 12.1 Å². The molecule has 2 saturated heterocycles. The monoisotopic (exact) mass is 361 g/mol. The van der Waals surface area contributed by atoms with Crippen LogP contribution in [0.3, 0.4) is 0 Å². The minimum Gasteiger partial charge on any atom is -0.324 e.